The summed E-state index contributed by atoms with van der Waals surface area (Å²) >= 11 is 0. The van der Waals surface area contributed by atoms with Gasteiger partial charge in [-0.25, -0.2) is 0 Å². The number of Topliss-reactive ketones (excluding diaryl/α,β-unsaturated/α-hetero) is 1. The van der Waals surface area contributed by atoms with Gasteiger partial charge in [0.05, 0.1) is 6.07 Å². The Morgan fingerprint density at radius 3 is 2.81 bits per heavy atom. The van der Waals surface area contributed by atoms with Crippen LogP contribution in [0.25, 0.3) is 0 Å². The Hall–Kier alpha value is -1.63. The van der Waals surface area contributed by atoms with Gasteiger partial charge < -0.3 is 4.74 Å². The van der Waals surface area contributed by atoms with Gasteiger partial charge in [-0.2, -0.15) is 5.26 Å². The zero-order valence-corrected chi connectivity index (χ0v) is 9.58. The topological polar surface area (TPSA) is 67.2 Å². The molecule has 0 aromatic heterocycles. The molecule has 0 amide bonds. The van der Waals surface area contributed by atoms with Crippen molar-refractivity contribution in [3.8, 4) is 6.07 Å². The highest BCUT2D eigenvalue weighted by atomic mass is 16.5. The molecule has 0 aromatic rings. The number of hydrogen-bond donors (Lipinski definition) is 0. The maximum atomic E-state index is 11.7. The average Bonchev–Trinajstić information content (AvgIpc) is 2.15. The first kappa shape index (κ1) is 12.4. The van der Waals surface area contributed by atoms with Crippen molar-refractivity contribution in [1.82, 2.24) is 0 Å². The maximum absolute atomic E-state index is 11.7. The highest BCUT2D eigenvalue weighted by molar-refractivity contribution is 5.97. The van der Waals surface area contributed by atoms with E-state index in [1.54, 1.807) is 0 Å². The summed E-state index contributed by atoms with van der Waals surface area (Å²) in [6.07, 6.45) is 1.74. The van der Waals surface area contributed by atoms with E-state index in [4.69, 9.17) is 10.00 Å². The van der Waals surface area contributed by atoms with E-state index in [1.807, 2.05) is 13.0 Å². The summed E-state index contributed by atoms with van der Waals surface area (Å²) < 4.78 is 5.05. The second-order valence-corrected chi connectivity index (χ2v) is 4.09. The van der Waals surface area contributed by atoms with Crippen molar-refractivity contribution in [2.45, 2.75) is 39.5 Å². The van der Waals surface area contributed by atoms with Crippen LogP contribution in [0.2, 0.25) is 0 Å². The Morgan fingerprint density at radius 2 is 2.25 bits per heavy atom. The van der Waals surface area contributed by atoms with Crippen LogP contribution >= 0.6 is 0 Å². The van der Waals surface area contributed by atoms with Gasteiger partial charge in [-0.3, -0.25) is 9.59 Å². The molecule has 0 aromatic carbocycles. The van der Waals surface area contributed by atoms with Gasteiger partial charge in [0.2, 0.25) is 0 Å². The molecule has 86 valence electrons. The van der Waals surface area contributed by atoms with Gasteiger partial charge in [-0.05, 0) is 12.3 Å². The molecule has 1 aliphatic carbocycles. The average molecular weight is 221 g/mol. The van der Waals surface area contributed by atoms with Crippen molar-refractivity contribution in [2.24, 2.45) is 5.92 Å². The number of ketones is 1. The summed E-state index contributed by atoms with van der Waals surface area (Å²) in [4.78, 5) is 22.7. The Balaban J connectivity index is 2.91. The summed E-state index contributed by atoms with van der Waals surface area (Å²) in [5, 5.41) is 8.51. The highest BCUT2D eigenvalue weighted by Crippen LogP contribution is 2.29. The van der Waals surface area contributed by atoms with Gasteiger partial charge in [0.1, 0.15) is 5.76 Å². The largest absolute Gasteiger partial charge is 0.431 e. The molecule has 1 unspecified atom stereocenters. The highest BCUT2D eigenvalue weighted by Gasteiger charge is 2.26. The molecule has 0 saturated heterocycles. The van der Waals surface area contributed by atoms with Crippen molar-refractivity contribution in [3.63, 3.8) is 0 Å². The van der Waals surface area contributed by atoms with E-state index >= 15 is 0 Å². The van der Waals surface area contributed by atoms with Crippen molar-refractivity contribution in [2.75, 3.05) is 0 Å². The number of carbonyl (C=O) groups excluding carboxylic acids is 2. The smallest absolute Gasteiger partial charge is 0.307 e. The van der Waals surface area contributed by atoms with E-state index in [0.29, 0.717) is 30.6 Å². The summed E-state index contributed by atoms with van der Waals surface area (Å²) in [6, 6.07) is 1.99. The van der Waals surface area contributed by atoms with Crippen LogP contribution in [0.4, 0.5) is 0 Å². The predicted octanol–water partition coefficient (Wildman–Crippen LogP) is 2.11. The molecule has 1 rings (SSSR count). The van der Waals surface area contributed by atoms with Crippen molar-refractivity contribution in [1.29, 1.82) is 5.26 Å². The van der Waals surface area contributed by atoms with Crippen LogP contribution < -0.4 is 0 Å². The van der Waals surface area contributed by atoms with Gasteiger partial charge in [-0.15, -0.1) is 0 Å². The molecule has 1 atom stereocenters. The molecule has 1 aliphatic rings. The number of nitriles is 1. The Morgan fingerprint density at radius 1 is 1.56 bits per heavy atom. The minimum absolute atomic E-state index is 0.00486. The van der Waals surface area contributed by atoms with Crippen LogP contribution in [0, 0.1) is 17.2 Å². The molecule has 0 saturated carbocycles. The number of allylic oxidation sites excluding steroid dienone is 2. The fourth-order valence-corrected chi connectivity index (χ4v) is 1.84. The van der Waals surface area contributed by atoms with Gasteiger partial charge in [0, 0.05) is 31.8 Å². The second kappa shape index (κ2) is 5.45. The van der Waals surface area contributed by atoms with E-state index in [2.05, 4.69) is 0 Å². The molecule has 0 heterocycles. The number of hydrogen-bond acceptors (Lipinski definition) is 4. The molecule has 0 fully saturated rings. The maximum Gasteiger partial charge on any atom is 0.307 e. The number of rotatable bonds is 3. The zero-order chi connectivity index (χ0) is 12.1. The number of carbonyl (C=O) groups is 2. The van der Waals surface area contributed by atoms with Gasteiger partial charge in [0.15, 0.2) is 5.78 Å². The lowest BCUT2D eigenvalue weighted by Crippen LogP contribution is -2.20. The van der Waals surface area contributed by atoms with E-state index in [-0.39, 0.29) is 18.1 Å². The van der Waals surface area contributed by atoms with Crippen LogP contribution in [-0.2, 0) is 14.3 Å². The molecule has 4 nitrogen and oxygen atoms in total. The molecular weight excluding hydrogens is 206 g/mol. The number of ether oxygens (including phenoxy) is 1. The predicted molar refractivity (Wildman–Crippen MR) is 57.0 cm³/mol. The standard InChI is InChI=1S/C12H15NO3/c1-8-6-11(15)10(4-3-5-13)12(7-8)16-9(2)14/h8H,3-4,6-7H2,1-2H3. The normalized spacial score (nSPS) is 20.6. The third-order valence-corrected chi connectivity index (χ3v) is 2.49. The second-order valence-electron chi connectivity index (χ2n) is 4.09. The lowest BCUT2D eigenvalue weighted by Gasteiger charge is -2.22. The molecule has 0 radical (unpaired) electrons. The Kier molecular flexibility index (Phi) is 4.24. The lowest BCUT2D eigenvalue weighted by atomic mass is 9.86. The van der Waals surface area contributed by atoms with Crippen LogP contribution in [0.1, 0.15) is 39.5 Å². The third kappa shape index (κ3) is 3.20. The zero-order valence-electron chi connectivity index (χ0n) is 9.58. The first-order valence-electron chi connectivity index (χ1n) is 5.35. The first-order valence-corrected chi connectivity index (χ1v) is 5.35. The fourth-order valence-electron chi connectivity index (χ4n) is 1.84. The minimum atomic E-state index is -0.411. The van der Waals surface area contributed by atoms with E-state index in [0.717, 1.165) is 0 Å². The molecule has 16 heavy (non-hydrogen) atoms. The molecule has 0 spiro atoms. The molecule has 0 N–H and O–H groups in total. The first-order chi connectivity index (χ1) is 7.54. The van der Waals surface area contributed by atoms with E-state index in [1.165, 1.54) is 6.92 Å². The fraction of sp³-hybridized carbons (Fsp3) is 0.583. The van der Waals surface area contributed by atoms with Gasteiger partial charge in [-0.1, -0.05) is 6.92 Å². The van der Waals surface area contributed by atoms with Crippen LogP contribution in [0.5, 0.6) is 0 Å². The van der Waals surface area contributed by atoms with Crippen LogP contribution in [0.15, 0.2) is 11.3 Å². The summed E-state index contributed by atoms with van der Waals surface area (Å²) in [6.45, 7) is 3.27. The Labute approximate surface area is 94.9 Å². The minimum Gasteiger partial charge on any atom is -0.431 e. The quantitative estimate of drug-likeness (QED) is 0.684. The number of esters is 1. The third-order valence-electron chi connectivity index (χ3n) is 2.49. The van der Waals surface area contributed by atoms with Crippen molar-refractivity contribution in [3.05, 3.63) is 11.3 Å². The van der Waals surface area contributed by atoms with Gasteiger partial charge in [0.25, 0.3) is 0 Å². The monoisotopic (exact) mass is 221 g/mol. The SMILES string of the molecule is CC(=O)OC1=C(CCC#N)C(=O)CC(C)C1. The summed E-state index contributed by atoms with van der Waals surface area (Å²) in [7, 11) is 0. The van der Waals surface area contributed by atoms with E-state index < -0.39 is 5.97 Å². The molecular formula is C12H15NO3. The summed E-state index contributed by atoms with van der Waals surface area (Å²) in [5.74, 6) is 0.260. The van der Waals surface area contributed by atoms with Crippen LogP contribution in [-0.4, -0.2) is 11.8 Å². The molecule has 0 aliphatic heterocycles. The summed E-state index contributed by atoms with van der Waals surface area (Å²) in [5.41, 5.74) is 0.523. The number of nitrogens with zero attached hydrogens (tertiary/aromatic N) is 1. The van der Waals surface area contributed by atoms with E-state index in [9.17, 15) is 9.59 Å². The Bertz CT molecular complexity index is 376. The van der Waals surface area contributed by atoms with Crippen molar-refractivity contribution < 1.29 is 14.3 Å². The van der Waals surface area contributed by atoms with Crippen LogP contribution in [0.3, 0.4) is 0 Å². The molecule has 4 heteroatoms. The molecule has 0 bridgehead atoms. The van der Waals surface area contributed by atoms with Gasteiger partial charge >= 0.3 is 5.97 Å². The lowest BCUT2D eigenvalue weighted by molar-refractivity contribution is -0.137. The van der Waals surface area contributed by atoms with Crippen molar-refractivity contribution >= 4 is 11.8 Å².